The Morgan fingerprint density at radius 3 is 2.44 bits per heavy atom. The van der Waals surface area contributed by atoms with Crippen LogP contribution in [0.25, 0.3) is 0 Å². The van der Waals surface area contributed by atoms with Gasteiger partial charge >= 0.3 is 0 Å². The van der Waals surface area contributed by atoms with Crippen molar-refractivity contribution in [1.29, 1.82) is 0 Å². The zero-order chi connectivity index (χ0) is 12.6. The number of nitrogens with zero attached hydrogens (tertiary/aromatic N) is 1. The Morgan fingerprint density at radius 1 is 1.31 bits per heavy atom. The number of hydrogen-bond acceptors (Lipinski definition) is 3. The highest BCUT2D eigenvalue weighted by molar-refractivity contribution is 5.76. The van der Waals surface area contributed by atoms with Crippen molar-refractivity contribution in [2.24, 2.45) is 5.73 Å². The smallest absolute Gasteiger partial charge is 0.221 e. The number of nitrogens with two attached hydrogens (primary N) is 1. The minimum absolute atomic E-state index is 0.0490. The van der Waals surface area contributed by atoms with Crippen LogP contribution in [0.2, 0.25) is 0 Å². The summed E-state index contributed by atoms with van der Waals surface area (Å²) in [6.45, 7) is 8.06. The summed E-state index contributed by atoms with van der Waals surface area (Å²) in [5, 5.41) is 2.88. The van der Waals surface area contributed by atoms with Gasteiger partial charge in [-0.05, 0) is 47.2 Å². The SMILES string of the molecule is CC(N)CC(=O)NCCCCN(C)C(C)C. The predicted octanol–water partition coefficient (Wildman–Crippen LogP) is 0.960. The molecule has 1 unspecified atom stereocenters. The molecule has 0 heterocycles. The fourth-order valence-electron chi connectivity index (χ4n) is 1.34. The summed E-state index contributed by atoms with van der Waals surface area (Å²) in [6.07, 6.45) is 2.57. The molecule has 1 atom stereocenters. The van der Waals surface area contributed by atoms with Crippen LogP contribution in [0.15, 0.2) is 0 Å². The standard InChI is InChI=1S/C12H27N3O/c1-10(2)15(4)8-6-5-7-14-12(16)9-11(3)13/h10-11H,5-9,13H2,1-4H3,(H,14,16). The molecule has 1 amide bonds. The largest absolute Gasteiger partial charge is 0.356 e. The Labute approximate surface area is 99.6 Å². The van der Waals surface area contributed by atoms with Crippen LogP contribution in [0.4, 0.5) is 0 Å². The monoisotopic (exact) mass is 229 g/mol. The molecular weight excluding hydrogens is 202 g/mol. The normalized spacial score (nSPS) is 13.2. The predicted molar refractivity (Wildman–Crippen MR) is 68.3 cm³/mol. The summed E-state index contributed by atoms with van der Waals surface area (Å²) in [4.78, 5) is 13.6. The Kier molecular flexibility index (Phi) is 8.21. The lowest BCUT2D eigenvalue weighted by molar-refractivity contribution is -0.121. The number of unbranched alkanes of at least 4 members (excludes halogenated alkanes) is 1. The van der Waals surface area contributed by atoms with E-state index in [-0.39, 0.29) is 11.9 Å². The lowest BCUT2D eigenvalue weighted by atomic mass is 10.2. The van der Waals surface area contributed by atoms with E-state index in [1.807, 2.05) is 6.92 Å². The summed E-state index contributed by atoms with van der Waals surface area (Å²) in [5.41, 5.74) is 5.53. The average molecular weight is 229 g/mol. The molecular formula is C12H27N3O. The van der Waals surface area contributed by atoms with Crippen LogP contribution in [0, 0.1) is 0 Å². The maximum Gasteiger partial charge on any atom is 0.221 e. The van der Waals surface area contributed by atoms with E-state index in [1.165, 1.54) is 0 Å². The molecule has 0 saturated heterocycles. The average Bonchev–Trinajstić information content (AvgIpc) is 2.15. The summed E-state index contributed by atoms with van der Waals surface area (Å²) < 4.78 is 0. The van der Waals surface area contributed by atoms with Crippen molar-refractivity contribution in [2.45, 2.75) is 52.1 Å². The summed E-state index contributed by atoms with van der Waals surface area (Å²) in [6, 6.07) is 0.541. The van der Waals surface area contributed by atoms with Gasteiger partial charge in [0.15, 0.2) is 0 Å². The van der Waals surface area contributed by atoms with Crippen LogP contribution in [0.1, 0.15) is 40.0 Å². The van der Waals surface area contributed by atoms with Gasteiger partial charge in [-0.15, -0.1) is 0 Å². The molecule has 0 bridgehead atoms. The maximum absolute atomic E-state index is 11.3. The molecule has 4 heteroatoms. The molecule has 4 nitrogen and oxygen atoms in total. The van der Waals surface area contributed by atoms with Gasteiger partial charge in [-0.3, -0.25) is 4.79 Å². The Morgan fingerprint density at radius 2 is 1.94 bits per heavy atom. The van der Waals surface area contributed by atoms with Crippen molar-refractivity contribution in [3.63, 3.8) is 0 Å². The third kappa shape index (κ3) is 8.68. The molecule has 0 aromatic heterocycles. The van der Waals surface area contributed by atoms with Crippen LogP contribution >= 0.6 is 0 Å². The molecule has 0 aliphatic carbocycles. The van der Waals surface area contributed by atoms with Crippen molar-refractivity contribution in [1.82, 2.24) is 10.2 Å². The highest BCUT2D eigenvalue weighted by Crippen LogP contribution is 1.97. The molecule has 0 fully saturated rings. The third-order valence-electron chi connectivity index (χ3n) is 2.65. The van der Waals surface area contributed by atoms with Crippen LogP contribution in [-0.2, 0) is 4.79 Å². The summed E-state index contributed by atoms with van der Waals surface area (Å²) in [5.74, 6) is 0.0622. The topological polar surface area (TPSA) is 58.4 Å². The van der Waals surface area contributed by atoms with Crippen molar-refractivity contribution in [2.75, 3.05) is 20.1 Å². The van der Waals surface area contributed by atoms with Crippen molar-refractivity contribution < 1.29 is 4.79 Å². The molecule has 0 rings (SSSR count). The van der Waals surface area contributed by atoms with Crippen LogP contribution in [0.5, 0.6) is 0 Å². The fourth-order valence-corrected chi connectivity index (χ4v) is 1.34. The summed E-state index contributed by atoms with van der Waals surface area (Å²) >= 11 is 0. The first-order valence-electron chi connectivity index (χ1n) is 6.16. The number of rotatable bonds is 8. The fraction of sp³-hybridized carbons (Fsp3) is 0.917. The first kappa shape index (κ1) is 15.4. The Balaban J connectivity index is 3.37. The molecule has 0 aliphatic rings. The van der Waals surface area contributed by atoms with Gasteiger partial charge < -0.3 is 16.0 Å². The molecule has 0 spiro atoms. The lowest BCUT2D eigenvalue weighted by Gasteiger charge is -2.20. The number of carbonyl (C=O) groups is 1. The van der Waals surface area contributed by atoms with Gasteiger partial charge in [-0.1, -0.05) is 0 Å². The highest BCUT2D eigenvalue weighted by atomic mass is 16.1. The quantitative estimate of drug-likeness (QED) is 0.610. The second-order valence-electron chi connectivity index (χ2n) is 4.81. The van der Waals surface area contributed by atoms with Crippen molar-refractivity contribution in [3.8, 4) is 0 Å². The number of hydrogen-bond donors (Lipinski definition) is 2. The van der Waals surface area contributed by atoms with Crippen LogP contribution in [-0.4, -0.2) is 43.0 Å². The van der Waals surface area contributed by atoms with Gasteiger partial charge in [-0.2, -0.15) is 0 Å². The van der Waals surface area contributed by atoms with E-state index < -0.39 is 0 Å². The minimum Gasteiger partial charge on any atom is -0.356 e. The van der Waals surface area contributed by atoms with Gasteiger partial charge in [0.2, 0.25) is 5.91 Å². The van der Waals surface area contributed by atoms with Crippen molar-refractivity contribution in [3.05, 3.63) is 0 Å². The Hall–Kier alpha value is -0.610. The van der Waals surface area contributed by atoms with E-state index in [0.717, 1.165) is 25.9 Å². The van der Waals surface area contributed by atoms with Gasteiger partial charge in [0.25, 0.3) is 0 Å². The van der Waals surface area contributed by atoms with E-state index in [1.54, 1.807) is 0 Å². The first-order valence-corrected chi connectivity index (χ1v) is 6.16. The minimum atomic E-state index is -0.0490. The van der Waals surface area contributed by atoms with Crippen molar-refractivity contribution >= 4 is 5.91 Å². The molecule has 0 saturated carbocycles. The van der Waals surface area contributed by atoms with Gasteiger partial charge in [0, 0.05) is 25.0 Å². The molecule has 0 aliphatic heterocycles. The second-order valence-corrected chi connectivity index (χ2v) is 4.81. The van der Waals surface area contributed by atoms with E-state index in [9.17, 15) is 4.79 Å². The number of amides is 1. The molecule has 0 radical (unpaired) electrons. The van der Waals surface area contributed by atoms with E-state index >= 15 is 0 Å². The van der Waals surface area contributed by atoms with E-state index in [4.69, 9.17) is 5.73 Å². The molecule has 16 heavy (non-hydrogen) atoms. The second kappa shape index (κ2) is 8.53. The Bertz CT molecular complexity index is 193. The third-order valence-corrected chi connectivity index (χ3v) is 2.65. The zero-order valence-electron chi connectivity index (χ0n) is 11.1. The molecule has 96 valence electrons. The zero-order valence-corrected chi connectivity index (χ0v) is 11.1. The highest BCUT2D eigenvalue weighted by Gasteiger charge is 2.04. The number of nitrogens with one attached hydrogen (secondary N) is 1. The number of carbonyl (C=O) groups excluding carboxylic acids is 1. The lowest BCUT2D eigenvalue weighted by Crippen LogP contribution is -2.31. The van der Waals surface area contributed by atoms with Gasteiger partial charge in [0.05, 0.1) is 0 Å². The first-order chi connectivity index (χ1) is 7.43. The summed E-state index contributed by atoms with van der Waals surface area (Å²) in [7, 11) is 2.12. The van der Waals surface area contributed by atoms with Crippen LogP contribution in [0.3, 0.4) is 0 Å². The maximum atomic E-state index is 11.3. The molecule has 0 aromatic carbocycles. The van der Waals surface area contributed by atoms with Gasteiger partial charge in [0.1, 0.15) is 0 Å². The molecule has 0 aromatic rings. The molecule has 3 N–H and O–H groups in total. The van der Waals surface area contributed by atoms with E-state index in [2.05, 4.69) is 31.1 Å². The van der Waals surface area contributed by atoms with Gasteiger partial charge in [-0.25, -0.2) is 0 Å². The van der Waals surface area contributed by atoms with Crippen LogP contribution < -0.4 is 11.1 Å². The van der Waals surface area contributed by atoms with E-state index in [0.29, 0.717) is 12.5 Å².